The highest BCUT2D eigenvalue weighted by Gasteiger charge is 2.43. The van der Waals surface area contributed by atoms with Crippen LogP contribution in [-0.4, -0.2) is 86.9 Å². The van der Waals surface area contributed by atoms with Crippen molar-refractivity contribution >= 4 is 40.3 Å². The molecule has 5 unspecified atom stereocenters. The average molecular weight is 682 g/mol. The van der Waals surface area contributed by atoms with Crippen molar-refractivity contribution in [3.05, 3.63) is 12.7 Å². The Morgan fingerprint density at radius 3 is 2.04 bits per heavy atom. The minimum absolute atomic E-state index is 0.0564. The Bertz CT molecular complexity index is 1090. The number of nitrogens with zero attached hydrogens (tertiary/aromatic N) is 1. The van der Waals surface area contributed by atoms with E-state index in [0.29, 0.717) is 31.6 Å². The van der Waals surface area contributed by atoms with E-state index in [1.54, 1.807) is 0 Å². The maximum Gasteiger partial charge on any atom is 0.315 e. The van der Waals surface area contributed by atoms with E-state index in [1.165, 1.54) is 23.8 Å². The number of carbonyl (C=O) groups excluding carboxylic acids is 5. The quantitative estimate of drug-likeness (QED) is 0.150. The Hall–Kier alpha value is -2.76. The molecule has 270 valence electrons. The highest BCUT2D eigenvalue weighted by Crippen LogP contribution is 2.27. The fraction of sp³-hybridized carbons (Fsp3) is 0.800. The lowest BCUT2D eigenvalue weighted by Crippen LogP contribution is -2.61. The summed E-state index contributed by atoms with van der Waals surface area (Å²) in [6.07, 6.45) is 7.63. The van der Waals surface area contributed by atoms with Gasteiger partial charge in [0.05, 0.1) is 11.3 Å². The maximum atomic E-state index is 13.9. The van der Waals surface area contributed by atoms with Crippen LogP contribution in [0, 0.1) is 17.3 Å². The average Bonchev–Trinajstić information content (AvgIpc) is 3.65. The first kappa shape index (κ1) is 42.3. The number of amides is 5. The van der Waals surface area contributed by atoms with Gasteiger partial charge in [-0.2, -0.15) is 0 Å². The van der Waals surface area contributed by atoms with Crippen LogP contribution in [0.3, 0.4) is 0 Å². The molecular weight excluding hydrogens is 618 g/mol. The van der Waals surface area contributed by atoms with Crippen molar-refractivity contribution in [1.29, 1.82) is 0 Å². The fourth-order valence-electron chi connectivity index (χ4n) is 6.00. The van der Waals surface area contributed by atoms with Crippen molar-refractivity contribution in [2.24, 2.45) is 17.3 Å². The number of ketones is 1. The zero-order chi connectivity index (χ0) is 35.9. The van der Waals surface area contributed by atoms with E-state index in [4.69, 9.17) is 0 Å². The Labute approximate surface area is 286 Å². The van der Waals surface area contributed by atoms with Gasteiger partial charge in [-0.25, -0.2) is 4.79 Å². The highest BCUT2D eigenvalue weighted by atomic mass is 32.2. The van der Waals surface area contributed by atoms with Crippen LogP contribution in [0.15, 0.2) is 12.7 Å². The molecule has 0 spiro atoms. The van der Waals surface area contributed by atoms with Gasteiger partial charge in [0.1, 0.15) is 12.1 Å². The summed E-state index contributed by atoms with van der Waals surface area (Å²) in [5, 5.41) is 10.8. The van der Waals surface area contributed by atoms with Gasteiger partial charge in [0.15, 0.2) is 0 Å². The molecule has 12 heteroatoms. The number of likely N-dealkylation sites (tertiary alicyclic amines) is 1. The summed E-state index contributed by atoms with van der Waals surface area (Å²) in [5.74, 6) is -0.851. The molecule has 0 aromatic carbocycles. The van der Waals surface area contributed by atoms with Gasteiger partial charge < -0.3 is 26.2 Å². The van der Waals surface area contributed by atoms with Crippen LogP contribution in [0.2, 0.25) is 0 Å². The fourth-order valence-corrected chi connectivity index (χ4v) is 7.89. The van der Waals surface area contributed by atoms with Crippen molar-refractivity contribution in [2.75, 3.05) is 18.8 Å². The molecule has 0 aromatic rings. The van der Waals surface area contributed by atoms with Gasteiger partial charge in [-0.15, -0.1) is 6.58 Å². The number of nitrogens with one attached hydrogen (secondary N) is 4. The number of hydrogen-bond acceptors (Lipinski definition) is 6. The zero-order valence-corrected chi connectivity index (χ0v) is 31.2. The van der Waals surface area contributed by atoms with E-state index >= 15 is 0 Å². The minimum Gasteiger partial charge on any atom is -0.346 e. The molecule has 5 amide bonds. The van der Waals surface area contributed by atoms with Crippen molar-refractivity contribution in [3.8, 4) is 0 Å². The van der Waals surface area contributed by atoms with Gasteiger partial charge >= 0.3 is 6.03 Å². The van der Waals surface area contributed by atoms with Gasteiger partial charge in [-0.3, -0.25) is 23.4 Å². The molecular formula is C35H63N5O6S. The molecule has 2 saturated heterocycles. The third-order valence-electron chi connectivity index (χ3n) is 8.52. The Balaban J connectivity index is 0.00000167. The summed E-state index contributed by atoms with van der Waals surface area (Å²) >= 11 is 0. The molecule has 2 rings (SSSR count). The molecule has 2 aliphatic heterocycles. The van der Waals surface area contributed by atoms with Gasteiger partial charge in [0.2, 0.25) is 17.6 Å². The summed E-state index contributed by atoms with van der Waals surface area (Å²) in [5.41, 5.74) is -0.675. The molecule has 4 N–H and O–H groups in total. The molecule has 0 radical (unpaired) electrons. The van der Waals surface area contributed by atoms with Crippen LogP contribution in [0.25, 0.3) is 0 Å². The lowest BCUT2D eigenvalue weighted by Gasteiger charge is -2.36. The van der Waals surface area contributed by atoms with E-state index in [9.17, 15) is 28.2 Å². The molecule has 0 bridgehead atoms. The molecule has 11 nitrogen and oxygen atoms in total. The minimum atomic E-state index is -1.01. The molecule has 47 heavy (non-hydrogen) atoms. The van der Waals surface area contributed by atoms with E-state index in [1.807, 2.05) is 41.5 Å². The summed E-state index contributed by atoms with van der Waals surface area (Å²) in [7, 11) is -1.01. The second-order valence-corrected chi connectivity index (χ2v) is 16.3. The van der Waals surface area contributed by atoms with Crippen molar-refractivity contribution in [2.45, 2.75) is 143 Å². The third-order valence-corrected chi connectivity index (χ3v) is 10.4. The van der Waals surface area contributed by atoms with Crippen molar-refractivity contribution in [1.82, 2.24) is 26.2 Å². The van der Waals surface area contributed by atoms with E-state index < -0.39 is 63.9 Å². The predicted molar refractivity (Wildman–Crippen MR) is 189 cm³/mol. The highest BCUT2D eigenvalue weighted by molar-refractivity contribution is 7.86. The van der Waals surface area contributed by atoms with Gasteiger partial charge in [-0.05, 0) is 49.4 Å². The molecule has 0 aromatic heterocycles. The van der Waals surface area contributed by atoms with Gasteiger partial charge in [-0.1, -0.05) is 87.7 Å². The van der Waals surface area contributed by atoms with Crippen molar-refractivity contribution < 1.29 is 28.2 Å². The number of carbonyl (C=O) groups is 5. The number of rotatable bonds is 15. The van der Waals surface area contributed by atoms with Crippen LogP contribution >= 0.6 is 0 Å². The first-order chi connectivity index (χ1) is 22.0. The summed E-state index contributed by atoms with van der Waals surface area (Å²) < 4.78 is 12.5. The molecule has 6 atom stereocenters. The molecule has 2 aliphatic rings. The Kier molecular flexibility index (Phi) is 18.5. The molecule has 0 aliphatic carbocycles. The number of Topliss-reactive ketones (excluding diaryl/α,β-unsaturated/α-hetero) is 1. The van der Waals surface area contributed by atoms with Crippen LogP contribution < -0.4 is 21.3 Å². The van der Waals surface area contributed by atoms with Crippen LogP contribution in [-0.2, 0) is 30.0 Å². The smallest absolute Gasteiger partial charge is 0.315 e. The Morgan fingerprint density at radius 2 is 1.57 bits per heavy atom. The first-order valence-electron chi connectivity index (χ1n) is 17.5. The van der Waals surface area contributed by atoms with Crippen LogP contribution in [0.5, 0.6) is 0 Å². The monoisotopic (exact) mass is 681 g/mol. The lowest BCUT2D eigenvalue weighted by molar-refractivity contribution is -0.143. The molecule has 0 saturated carbocycles. The largest absolute Gasteiger partial charge is 0.346 e. The summed E-state index contributed by atoms with van der Waals surface area (Å²) in [6.45, 7) is 22.0. The topological polar surface area (TPSA) is 154 Å². The van der Waals surface area contributed by atoms with Gasteiger partial charge in [0, 0.05) is 35.7 Å². The van der Waals surface area contributed by atoms with Crippen molar-refractivity contribution in [3.63, 3.8) is 0 Å². The van der Waals surface area contributed by atoms with Crippen LogP contribution in [0.4, 0.5) is 4.79 Å². The number of hydrogen-bond donors (Lipinski definition) is 4. The Morgan fingerprint density at radius 1 is 0.936 bits per heavy atom. The van der Waals surface area contributed by atoms with E-state index in [0.717, 1.165) is 18.8 Å². The SMILES string of the molecule is C=CCNC(=O)C(=O)C(CCC)NC(=O)[C@@H]1CCCN1C(=O)C(NC(=O)NC(C(C)C)C1CCCS1=O)C(C)(C)C.CCCC(C)C. The maximum absolute atomic E-state index is 13.9. The number of urea groups is 1. The molecule has 2 heterocycles. The molecule has 2 fully saturated rings. The van der Waals surface area contributed by atoms with E-state index in [2.05, 4.69) is 48.6 Å². The second kappa shape index (κ2) is 20.6. The summed E-state index contributed by atoms with van der Waals surface area (Å²) in [4.78, 5) is 66.8. The predicted octanol–water partition coefficient (Wildman–Crippen LogP) is 4.23. The lowest BCUT2D eigenvalue weighted by atomic mass is 9.85. The van der Waals surface area contributed by atoms with Gasteiger partial charge in [0.25, 0.3) is 5.91 Å². The first-order valence-corrected chi connectivity index (χ1v) is 18.9. The second-order valence-electron chi connectivity index (χ2n) is 14.5. The zero-order valence-electron chi connectivity index (χ0n) is 30.4. The van der Waals surface area contributed by atoms with Crippen LogP contribution in [0.1, 0.15) is 114 Å². The normalized spacial score (nSPS) is 21.3. The third kappa shape index (κ3) is 13.7. The summed E-state index contributed by atoms with van der Waals surface area (Å²) in [6, 6.07) is -3.58. The van der Waals surface area contributed by atoms with E-state index in [-0.39, 0.29) is 30.2 Å². The standard InChI is InChI=1S/C29H49N5O6S.C6H14/c1-8-12-19(23(35)26(37)30-15-9-2)31-25(36)20-13-10-16-34(20)27(38)24(29(5,6)7)33-28(39)32-22(18(3)4)21-14-11-17-41(21)40;1-4-5-6(2)3/h9,18-22,24H,2,8,10-17H2,1,3-7H3,(H,30,37)(H,31,36)(H2,32,33,39);6H,4-5H2,1-3H3/t19?,20-,21?,22?,24?,41?;/m0./s1.